The first kappa shape index (κ1) is 5.46. The van der Waals surface area contributed by atoms with Crippen molar-refractivity contribution >= 4 is 16.5 Å². The molecule has 0 amide bonds. The summed E-state index contributed by atoms with van der Waals surface area (Å²) in [4.78, 5) is 0. The van der Waals surface area contributed by atoms with Gasteiger partial charge in [-0.3, -0.25) is 0 Å². The van der Waals surface area contributed by atoms with Gasteiger partial charge >= 0.3 is 39.4 Å². The molecule has 0 saturated carbocycles. The molecule has 3 heteroatoms. The molecule has 0 aromatic rings. The van der Waals surface area contributed by atoms with Crippen molar-refractivity contribution in [3.8, 4) is 0 Å². The topological polar surface area (TPSA) is 52.0 Å². The zero-order valence-corrected chi connectivity index (χ0v) is 7.64. The summed E-state index contributed by atoms with van der Waals surface area (Å²) in [6.45, 7) is 0. The summed E-state index contributed by atoms with van der Waals surface area (Å²) in [5, 5.41) is 1.05. The quantitative estimate of drug-likeness (QED) is 0.323. The third kappa shape index (κ3) is 4.46. The van der Waals surface area contributed by atoms with E-state index in [0.29, 0.717) is 0 Å². The molecule has 0 aliphatic carbocycles. The zero-order chi connectivity index (χ0) is 4.28. The monoisotopic (exact) mass is 136 g/mol. The molecule has 0 spiro atoms. The van der Waals surface area contributed by atoms with Crippen LogP contribution in [0, 0.1) is 0 Å². The van der Waals surface area contributed by atoms with Crippen LogP contribution in [-0.4, -0.2) is 22.7 Å². The van der Waals surface area contributed by atoms with E-state index >= 15 is 0 Å². The van der Waals surface area contributed by atoms with E-state index in [4.69, 9.17) is 11.5 Å². The second-order valence-corrected chi connectivity index (χ2v) is 2.79. The normalized spacial score (nSPS) is 10.2. The van der Waals surface area contributed by atoms with Crippen LogP contribution in [0.1, 0.15) is 0 Å². The molecule has 0 unspecified atom stereocenters. The number of rotatable bonds is 1. The Hall–Kier alpha value is 0.463. The van der Waals surface area contributed by atoms with Gasteiger partial charge in [-0.05, 0) is 0 Å². The first-order chi connectivity index (χ1) is 2.27. The molecule has 0 fully saturated rings. The molecule has 0 saturated heterocycles. The minimum atomic E-state index is -0.0324. The summed E-state index contributed by atoms with van der Waals surface area (Å²) in [7, 11) is 0. The molecular formula is C2H10GeN2. The molecule has 4 N–H and O–H groups in total. The van der Waals surface area contributed by atoms with Crippen LogP contribution < -0.4 is 11.5 Å². The predicted molar refractivity (Wildman–Crippen MR) is 26.9 cm³/mol. The van der Waals surface area contributed by atoms with E-state index in [1.165, 1.54) is 0 Å². The maximum absolute atomic E-state index is 5.12. The van der Waals surface area contributed by atoms with Gasteiger partial charge in [-0.25, -0.2) is 0 Å². The molecule has 2 nitrogen and oxygen atoms in total. The van der Waals surface area contributed by atoms with Crippen molar-refractivity contribution in [2.75, 3.05) is 0 Å². The molecule has 0 aliphatic rings. The van der Waals surface area contributed by atoms with Crippen molar-refractivity contribution in [1.29, 1.82) is 0 Å². The van der Waals surface area contributed by atoms with E-state index in [1.54, 1.807) is 0 Å². The first-order valence-corrected chi connectivity index (χ1v) is 4.75. The van der Waals surface area contributed by atoms with Crippen molar-refractivity contribution in [3.63, 3.8) is 0 Å². The van der Waals surface area contributed by atoms with Gasteiger partial charge in [-0.1, -0.05) is 0 Å². The SMILES string of the molecule is NC(N)[CH2][GeH3]. The Morgan fingerprint density at radius 1 is 1.60 bits per heavy atom. The summed E-state index contributed by atoms with van der Waals surface area (Å²) in [6, 6.07) is 0. The second kappa shape index (κ2) is 2.69. The third-order valence-corrected chi connectivity index (χ3v) is 2.45. The van der Waals surface area contributed by atoms with Crippen molar-refractivity contribution in [2.45, 2.75) is 11.4 Å². The molecule has 0 heterocycles. The van der Waals surface area contributed by atoms with E-state index in [9.17, 15) is 0 Å². The van der Waals surface area contributed by atoms with Crippen LogP contribution in [0.5, 0.6) is 0 Å². The average Bonchev–Trinajstić information content (AvgIpc) is 1.38. The Balaban J connectivity index is 2.54. The van der Waals surface area contributed by atoms with Gasteiger partial charge in [0.1, 0.15) is 0 Å². The molecule has 5 heavy (non-hydrogen) atoms. The van der Waals surface area contributed by atoms with Gasteiger partial charge in [0.2, 0.25) is 0 Å². The van der Waals surface area contributed by atoms with Crippen molar-refractivity contribution in [3.05, 3.63) is 0 Å². The average molecular weight is 135 g/mol. The van der Waals surface area contributed by atoms with Gasteiger partial charge in [0.25, 0.3) is 0 Å². The van der Waals surface area contributed by atoms with Crippen LogP contribution in [0.15, 0.2) is 0 Å². The third-order valence-electron chi connectivity index (χ3n) is 0.471. The van der Waals surface area contributed by atoms with E-state index < -0.39 is 0 Å². The predicted octanol–water partition coefficient (Wildman–Crippen LogP) is -1.99. The van der Waals surface area contributed by atoms with Gasteiger partial charge in [0, 0.05) is 0 Å². The number of hydrogen-bond acceptors (Lipinski definition) is 2. The fourth-order valence-electron chi connectivity index (χ4n) is 0. The van der Waals surface area contributed by atoms with E-state index in [2.05, 4.69) is 0 Å². The molecule has 0 radical (unpaired) electrons. The van der Waals surface area contributed by atoms with Gasteiger partial charge in [-0.15, -0.1) is 0 Å². The van der Waals surface area contributed by atoms with Gasteiger partial charge in [0.15, 0.2) is 0 Å². The Morgan fingerprint density at radius 3 is 1.80 bits per heavy atom. The Bertz CT molecular complexity index is 21.6. The summed E-state index contributed by atoms with van der Waals surface area (Å²) in [5.74, 6) is 0. The van der Waals surface area contributed by atoms with E-state index in [0.717, 1.165) is 21.8 Å². The Morgan fingerprint density at radius 2 is 1.80 bits per heavy atom. The maximum atomic E-state index is 5.12. The molecule has 0 aromatic carbocycles. The van der Waals surface area contributed by atoms with E-state index in [1.807, 2.05) is 0 Å². The first-order valence-electron chi connectivity index (χ1n) is 1.78. The van der Waals surface area contributed by atoms with Crippen molar-refractivity contribution in [1.82, 2.24) is 0 Å². The van der Waals surface area contributed by atoms with E-state index in [-0.39, 0.29) is 6.17 Å². The fraction of sp³-hybridized carbons (Fsp3) is 1.00. The molecular weight excluding hydrogens is 125 g/mol. The van der Waals surface area contributed by atoms with Gasteiger partial charge in [-0.2, -0.15) is 0 Å². The molecule has 0 rings (SSSR count). The van der Waals surface area contributed by atoms with Gasteiger partial charge in [0.05, 0.1) is 0 Å². The Labute approximate surface area is 40.1 Å². The van der Waals surface area contributed by atoms with Gasteiger partial charge < -0.3 is 0 Å². The van der Waals surface area contributed by atoms with Crippen molar-refractivity contribution in [2.24, 2.45) is 11.5 Å². The zero-order valence-electron chi connectivity index (χ0n) is 3.44. The van der Waals surface area contributed by atoms with Crippen molar-refractivity contribution < 1.29 is 0 Å². The van der Waals surface area contributed by atoms with Crippen LogP contribution in [0.3, 0.4) is 0 Å². The van der Waals surface area contributed by atoms with Crippen LogP contribution in [-0.2, 0) is 0 Å². The molecule has 0 atom stereocenters. The molecule has 0 bridgehead atoms. The molecule has 0 aliphatic heterocycles. The van der Waals surface area contributed by atoms with Crippen LogP contribution in [0.25, 0.3) is 0 Å². The summed E-state index contributed by atoms with van der Waals surface area (Å²) in [5.41, 5.74) is 10.2. The molecule has 32 valence electrons. The second-order valence-electron chi connectivity index (χ2n) is 1.07. The number of hydrogen-bond donors (Lipinski definition) is 2. The van der Waals surface area contributed by atoms with Crippen LogP contribution in [0.4, 0.5) is 0 Å². The molecule has 0 aromatic heterocycles. The number of nitrogens with two attached hydrogens (primary N) is 2. The Kier molecular flexibility index (Phi) is 2.94. The summed E-state index contributed by atoms with van der Waals surface area (Å²) in [6.07, 6.45) is -0.0324. The summed E-state index contributed by atoms with van der Waals surface area (Å²) < 4.78 is 0. The standard InChI is InChI=1S/C2H10GeN2/c3-1-2(4)5/h2H,1,4-5H2,3H3. The summed E-state index contributed by atoms with van der Waals surface area (Å²) >= 11 is 0.834. The minimum absolute atomic E-state index is 0.0324. The fourth-order valence-corrected chi connectivity index (χ4v) is 0. The van der Waals surface area contributed by atoms with Crippen LogP contribution >= 0.6 is 0 Å². The van der Waals surface area contributed by atoms with Crippen LogP contribution in [0.2, 0.25) is 5.25 Å².